The van der Waals surface area contributed by atoms with E-state index in [-0.39, 0.29) is 35.8 Å². The van der Waals surface area contributed by atoms with Crippen molar-refractivity contribution in [1.29, 1.82) is 0 Å². The van der Waals surface area contributed by atoms with Crippen molar-refractivity contribution in [2.75, 3.05) is 11.5 Å². The number of hydrogen-bond donors (Lipinski definition) is 0. The molecule has 100 valence electrons. The Bertz CT molecular complexity index is 251. The van der Waals surface area contributed by atoms with Gasteiger partial charge in [-0.25, -0.2) is 0 Å². The minimum Gasteiger partial charge on any atom is -0.463 e. The van der Waals surface area contributed by atoms with Gasteiger partial charge >= 0.3 is 11.9 Å². The summed E-state index contributed by atoms with van der Waals surface area (Å²) in [6.07, 6.45) is -0.188. The number of carbonyl (C=O) groups is 2. The molecule has 0 aromatic carbocycles. The topological polar surface area (TPSA) is 52.6 Å². The summed E-state index contributed by atoms with van der Waals surface area (Å²) in [6, 6.07) is 0. The van der Waals surface area contributed by atoms with Crippen molar-refractivity contribution in [1.82, 2.24) is 0 Å². The molecule has 1 atom stereocenters. The molecule has 17 heavy (non-hydrogen) atoms. The van der Waals surface area contributed by atoms with Gasteiger partial charge in [0.2, 0.25) is 0 Å². The Morgan fingerprint density at radius 2 is 1.53 bits per heavy atom. The third kappa shape index (κ3) is 9.03. The van der Waals surface area contributed by atoms with Crippen LogP contribution in [0.1, 0.15) is 34.6 Å². The van der Waals surface area contributed by atoms with Gasteiger partial charge in [0.1, 0.15) is 0 Å². The van der Waals surface area contributed by atoms with Gasteiger partial charge in [-0.1, -0.05) is 6.92 Å². The van der Waals surface area contributed by atoms with Crippen LogP contribution in [-0.4, -0.2) is 35.7 Å². The highest BCUT2D eigenvalue weighted by Gasteiger charge is 2.16. The summed E-state index contributed by atoms with van der Waals surface area (Å²) < 4.78 is 10.0. The first-order valence-corrected chi connectivity index (χ1v) is 6.96. The highest BCUT2D eigenvalue weighted by molar-refractivity contribution is 7.99. The lowest BCUT2D eigenvalue weighted by atomic mass is 10.2. The van der Waals surface area contributed by atoms with Gasteiger partial charge in [0, 0.05) is 5.75 Å². The smallest absolute Gasteiger partial charge is 0.316 e. The van der Waals surface area contributed by atoms with Crippen LogP contribution in [-0.2, 0) is 19.1 Å². The number of rotatable bonds is 7. The van der Waals surface area contributed by atoms with E-state index < -0.39 is 0 Å². The SMILES string of the molecule is CC(C)OC(=O)CSCC(C)C(=O)OC(C)C. The summed E-state index contributed by atoms with van der Waals surface area (Å²) >= 11 is 1.39. The molecule has 0 aromatic heterocycles. The van der Waals surface area contributed by atoms with Crippen molar-refractivity contribution < 1.29 is 19.1 Å². The Balaban J connectivity index is 3.74. The fourth-order valence-corrected chi connectivity index (χ4v) is 1.87. The maximum atomic E-state index is 11.5. The fourth-order valence-electron chi connectivity index (χ4n) is 1.03. The quantitative estimate of drug-likeness (QED) is 0.659. The molecule has 0 saturated heterocycles. The van der Waals surface area contributed by atoms with E-state index in [0.717, 1.165) is 0 Å². The molecule has 0 N–H and O–H groups in total. The molecule has 5 heteroatoms. The highest BCUT2D eigenvalue weighted by atomic mass is 32.2. The van der Waals surface area contributed by atoms with Gasteiger partial charge in [-0.2, -0.15) is 0 Å². The van der Waals surface area contributed by atoms with E-state index in [2.05, 4.69) is 0 Å². The predicted molar refractivity (Wildman–Crippen MR) is 68.9 cm³/mol. The summed E-state index contributed by atoms with van der Waals surface area (Å²) in [7, 11) is 0. The first-order valence-electron chi connectivity index (χ1n) is 5.80. The Hall–Kier alpha value is -0.710. The monoisotopic (exact) mass is 262 g/mol. The molecular formula is C12H22O4S. The average Bonchev–Trinajstić information content (AvgIpc) is 2.14. The van der Waals surface area contributed by atoms with E-state index in [1.807, 2.05) is 27.7 Å². The van der Waals surface area contributed by atoms with Gasteiger partial charge in [-0.15, -0.1) is 11.8 Å². The molecule has 0 saturated carbocycles. The Morgan fingerprint density at radius 1 is 1.00 bits per heavy atom. The zero-order valence-corrected chi connectivity index (χ0v) is 12.0. The zero-order chi connectivity index (χ0) is 13.4. The Morgan fingerprint density at radius 3 is 2.00 bits per heavy atom. The van der Waals surface area contributed by atoms with Crippen molar-refractivity contribution >= 4 is 23.7 Å². The minimum absolute atomic E-state index is 0.0913. The van der Waals surface area contributed by atoms with Crippen molar-refractivity contribution in [3.63, 3.8) is 0 Å². The first kappa shape index (κ1) is 16.3. The van der Waals surface area contributed by atoms with Crippen molar-refractivity contribution in [2.24, 2.45) is 5.92 Å². The van der Waals surface area contributed by atoms with Crippen LogP contribution in [0.5, 0.6) is 0 Å². The maximum absolute atomic E-state index is 11.5. The van der Waals surface area contributed by atoms with Gasteiger partial charge in [0.15, 0.2) is 0 Å². The van der Waals surface area contributed by atoms with Crippen LogP contribution in [0.2, 0.25) is 0 Å². The van der Waals surface area contributed by atoms with Gasteiger partial charge in [-0.3, -0.25) is 9.59 Å². The molecular weight excluding hydrogens is 240 g/mol. The van der Waals surface area contributed by atoms with Crippen LogP contribution in [0.15, 0.2) is 0 Å². The van der Waals surface area contributed by atoms with Crippen LogP contribution < -0.4 is 0 Å². The average molecular weight is 262 g/mol. The first-order chi connectivity index (χ1) is 7.82. The lowest BCUT2D eigenvalue weighted by molar-refractivity contribution is -0.151. The molecule has 4 nitrogen and oxygen atoms in total. The molecule has 0 aliphatic carbocycles. The number of ether oxygens (including phenoxy) is 2. The predicted octanol–water partition coefficient (Wildman–Crippen LogP) is 2.26. The summed E-state index contributed by atoms with van der Waals surface area (Å²) in [4.78, 5) is 22.7. The van der Waals surface area contributed by atoms with Crippen LogP contribution in [0.4, 0.5) is 0 Å². The Labute approximate surface area is 107 Å². The third-order valence-electron chi connectivity index (χ3n) is 1.71. The molecule has 0 amide bonds. The number of hydrogen-bond acceptors (Lipinski definition) is 5. The van der Waals surface area contributed by atoms with E-state index >= 15 is 0 Å². The van der Waals surface area contributed by atoms with E-state index in [4.69, 9.17) is 9.47 Å². The molecule has 0 aromatic rings. The molecule has 0 aliphatic rings. The minimum atomic E-state index is -0.241. The van der Waals surface area contributed by atoms with Gasteiger partial charge in [0.25, 0.3) is 0 Å². The number of thioether (sulfide) groups is 1. The zero-order valence-electron chi connectivity index (χ0n) is 11.2. The van der Waals surface area contributed by atoms with Gasteiger partial charge < -0.3 is 9.47 Å². The summed E-state index contributed by atoms with van der Waals surface area (Å²) in [5.41, 5.74) is 0. The number of esters is 2. The molecule has 0 rings (SSSR count). The summed E-state index contributed by atoms with van der Waals surface area (Å²) in [5.74, 6) is 0.185. The maximum Gasteiger partial charge on any atom is 0.316 e. The fraction of sp³-hybridized carbons (Fsp3) is 0.833. The lowest BCUT2D eigenvalue weighted by Crippen LogP contribution is -2.21. The number of carbonyl (C=O) groups excluding carboxylic acids is 2. The highest BCUT2D eigenvalue weighted by Crippen LogP contribution is 2.11. The molecule has 0 bridgehead atoms. The lowest BCUT2D eigenvalue weighted by Gasteiger charge is -2.13. The van der Waals surface area contributed by atoms with E-state index in [1.165, 1.54) is 11.8 Å². The molecule has 0 fully saturated rings. The standard InChI is InChI=1S/C12H22O4S/c1-8(2)15-11(13)7-17-6-10(5)12(14)16-9(3)4/h8-10H,6-7H2,1-5H3. The van der Waals surface area contributed by atoms with Crippen molar-refractivity contribution in [3.8, 4) is 0 Å². The largest absolute Gasteiger partial charge is 0.463 e. The van der Waals surface area contributed by atoms with Gasteiger partial charge in [-0.05, 0) is 27.7 Å². The van der Waals surface area contributed by atoms with Crippen LogP contribution in [0, 0.1) is 5.92 Å². The van der Waals surface area contributed by atoms with Crippen LogP contribution >= 0.6 is 11.8 Å². The molecule has 0 radical (unpaired) electrons. The van der Waals surface area contributed by atoms with E-state index in [0.29, 0.717) is 5.75 Å². The molecule has 0 spiro atoms. The van der Waals surface area contributed by atoms with E-state index in [9.17, 15) is 9.59 Å². The molecule has 0 heterocycles. The second-order valence-corrected chi connectivity index (χ2v) is 5.47. The Kier molecular flexibility index (Phi) is 8.04. The third-order valence-corrected chi connectivity index (χ3v) is 2.88. The van der Waals surface area contributed by atoms with E-state index in [1.54, 1.807) is 6.92 Å². The summed E-state index contributed by atoms with van der Waals surface area (Å²) in [5, 5.41) is 0. The second kappa shape index (κ2) is 8.39. The van der Waals surface area contributed by atoms with Crippen molar-refractivity contribution in [3.05, 3.63) is 0 Å². The van der Waals surface area contributed by atoms with Crippen molar-refractivity contribution in [2.45, 2.75) is 46.8 Å². The van der Waals surface area contributed by atoms with Crippen LogP contribution in [0.25, 0.3) is 0 Å². The van der Waals surface area contributed by atoms with Crippen LogP contribution in [0.3, 0.4) is 0 Å². The van der Waals surface area contributed by atoms with Gasteiger partial charge in [0.05, 0.1) is 23.9 Å². The normalized spacial score (nSPS) is 12.6. The molecule has 1 unspecified atom stereocenters. The molecule has 0 aliphatic heterocycles. The second-order valence-electron chi connectivity index (χ2n) is 4.44. The summed E-state index contributed by atoms with van der Waals surface area (Å²) in [6.45, 7) is 9.05.